The number of carbonyl (C=O) groups is 2. The smallest absolute Gasteiger partial charge is 0.237 e. The van der Waals surface area contributed by atoms with Gasteiger partial charge in [0.25, 0.3) is 0 Å². The van der Waals surface area contributed by atoms with Gasteiger partial charge in [-0.2, -0.15) is 5.26 Å². The molecule has 2 aliphatic rings. The van der Waals surface area contributed by atoms with E-state index in [1.54, 1.807) is 6.07 Å². The van der Waals surface area contributed by atoms with Crippen LogP contribution in [0.4, 0.5) is 10.1 Å². The standard InChI is InChI=1S/C15H13FN2O2/c16-13-6-5-10(7-9(13)8-17)18-14(19)11-3-1-2-4-12(11)15(18)20/h5-7,11-12H,1-4H2. The second kappa shape index (κ2) is 4.71. The van der Waals surface area contributed by atoms with Crippen molar-refractivity contribution in [3.05, 3.63) is 29.6 Å². The highest BCUT2D eigenvalue weighted by atomic mass is 19.1. The zero-order valence-electron chi connectivity index (χ0n) is 10.8. The van der Waals surface area contributed by atoms with Crippen LogP contribution in [0.15, 0.2) is 18.2 Å². The SMILES string of the molecule is N#Cc1cc(N2C(=O)C3CCCCC3C2=O)ccc1F. The molecule has 2 atom stereocenters. The highest BCUT2D eigenvalue weighted by Crippen LogP contribution is 2.40. The topological polar surface area (TPSA) is 61.2 Å². The summed E-state index contributed by atoms with van der Waals surface area (Å²) in [5.41, 5.74) is 0.144. The number of hydrogen-bond acceptors (Lipinski definition) is 3. The van der Waals surface area contributed by atoms with Gasteiger partial charge in [0.1, 0.15) is 11.9 Å². The molecule has 102 valence electrons. The second-order valence-electron chi connectivity index (χ2n) is 5.29. The fourth-order valence-corrected chi connectivity index (χ4v) is 3.15. The Kier molecular flexibility index (Phi) is 3.01. The van der Waals surface area contributed by atoms with Crippen molar-refractivity contribution in [2.75, 3.05) is 4.90 Å². The Balaban J connectivity index is 2.00. The Morgan fingerprint density at radius 3 is 2.30 bits per heavy atom. The van der Waals surface area contributed by atoms with Crippen LogP contribution in [0.3, 0.4) is 0 Å². The van der Waals surface area contributed by atoms with Crippen molar-refractivity contribution in [3.63, 3.8) is 0 Å². The van der Waals surface area contributed by atoms with Crippen LogP contribution < -0.4 is 4.90 Å². The van der Waals surface area contributed by atoms with E-state index in [2.05, 4.69) is 0 Å². The number of nitrogens with zero attached hydrogens (tertiary/aromatic N) is 2. The number of amides is 2. The van der Waals surface area contributed by atoms with Gasteiger partial charge in [-0.15, -0.1) is 0 Å². The van der Waals surface area contributed by atoms with Gasteiger partial charge in [-0.05, 0) is 31.0 Å². The summed E-state index contributed by atoms with van der Waals surface area (Å²) in [5, 5.41) is 8.85. The lowest BCUT2D eigenvalue weighted by Gasteiger charge is -2.19. The Morgan fingerprint density at radius 1 is 1.15 bits per heavy atom. The number of carbonyl (C=O) groups excluding carboxylic acids is 2. The molecule has 2 fully saturated rings. The van der Waals surface area contributed by atoms with E-state index in [0.717, 1.165) is 36.6 Å². The summed E-state index contributed by atoms with van der Waals surface area (Å²) >= 11 is 0. The first-order valence-electron chi connectivity index (χ1n) is 6.71. The van der Waals surface area contributed by atoms with Gasteiger partial charge >= 0.3 is 0 Å². The lowest BCUT2D eigenvalue weighted by Crippen LogP contribution is -2.30. The number of benzene rings is 1. The maximum absolute atomic E-state index is 13.3. The number of nitriles is 1. The third kappa shape index (κ3) is 1.80. The van der Waals surface area contributed by atoms with Crippen molar-refractivity contribution in [2.24, 2.45) is 11.8 Å². The molecular formula is C15H13FN2O2. The van der Waals surface area contributed by atoms with Crippen LogP contribution in [-0.4, -0.2) is 11.8 Å². The van der Waals surface area contributed by atoms with Gasteiger partial charge in [0.2, 0.25) is 11.8 Å². The third-order valence-electron chi connectivity index (χ3n) is 4.17. The predicted molar refractivity (Wildman–Crippen MR) is 69.1 cm³/mol. The molecule has 1 heterocycles. The number of fused-ring (bicyclic) bond motifs is 1. The molecule has 2 unspecified atom stereocenters. The summed E-state index contributed by atoms with van der Waals surface area (Å²) in [6, 6.07) is 5.49. The minimum absolute atomic E-state index is 0.155. The number of anilines is 1. The fraction of sp³-hybridized carbons (Fsp3) is 0.400. The maximum atomic E-state index is 13.3. The van der Waals surface area contributed by atoms with Crippen LogP contribution in [0.2, 0.25) is 0 Å². The maximum Gasteiger partial charge on any atom is 0.237 e. The predicted octanol–water partition coefficient (Wildman–Crippen LogP) is 2.38. The quantitative estimate of drug-likeness (QED) is 0.737. The summed E-state index contributed by atoms with van der Waals surface area (Å²) in [6.45, 7) is 0. The first-order chi connectivity index (χ1) is 9.63. The molecule has 1 aliphatic heterocycles. The zero-order chi connectivity index (χ0) is 14.3. The number of hydrogen-bond donors (Lipinski definition) is 0. The third-order valence-corrected chi connectivity index (χ3v) is 4.17. The number of imide groups is 1. The van der Waals surface area contributed by atoms with Gasteiger partial charge in [0.05, 0.1) is 23.1 Å². The van der Waals surface area contributed by atoms with Crippen LogP contribution in [0, 0.1) is 29.0 Å². The van der Waals surface area contributed by atoms with E-state index in [4.69, 9.17) is 5.26 Å². The van der Waals surface area contributed by atoms with Gasteiger partial charge in [-0.25, -0.2) is 4.39 Å². The van der Waals surface area contributed by atoms with Crippen molar-refractivity contribution < 1.29 is 14.0 Å². The van der Waals surface area contributed by atoms with E-state index in [-0.39, 0.29) is 29.2 Å². The monoisotopic (exact) mass is 272 g/mol. The van der Waals surface area contributed by atoms with Crippen LogP contribution in [0.25, 0.3) is 0 Å². The molecule has 1 aliphatic carbocycles. The van der Waals surface area contributed by atoms with E-state index in [1.165, 1.54) is 12.1 Å². The van der Waals surface area contributed by atoms with Crippen LogP contribution >= 0.6 is 0 Å². The molecule has 2 amide bonds. The van der Waals surface area contributed by atoms with E-state index in [9.17, 15) is 14.0 Å². The van der Waals surface area contributed by atoms with Crippen LogP contribution in [-0.2, 0) is 9.59 Å². The van der Waals surface area contributed by atoms with Crippen LogP contribution in [0.1, 0.15) is 31.2 Å². The normalized spacial score (nSPS) is 25.5. The highest BCUT2D eigenvalue weighted by Gasteiger charge is 2.48. The molecule has 1 saturated carbocycles. The first kappa shape index (κ1) is 12.8. The lowest BCUT2D eigenvalue weighted by atomic mass is 9.81. The molecule has 0 aromatic heterocycles. The van der Waals surface area contributed by atoms with E-state index in [1.807, 2.05) is 0 Å². The van der Waals surface area contributed by atoms with Crippen molar-refractivity contribution in [3.8, 4) is 6.07 Å². The minimum Gasteiger partial charge on any atom is -0.274 e. The van der Waals surface area contributed by atoms with Crippen LogP contribution in [0.5, 0.6) is 0 Å². The Bertz CT molecular complexity index is 611. The van der Waals surface area contributed by atoms with Gasteiger partial charge in [-0.1, -0.05) is 12.8 Å². The largest absolute Gasteiger partial charge is 0.274 e. The van der Waals surface area contributed by atoms with Gasteiger partial charge in [-0.3, -0.25) is 14.5 Å². The molecule has 1 aromatic carbocycles. The average Bonchev–Trinajstić information content (AvgIpc) is 2.72. The molecule has 0 radical (unpaired) electrons. The molecular weight excluding hydrogens is 259 g/mol. The zero-order valence-corrected chi connectivity index (χ0v) is 10.8. The molecule has 1 aromatic rings. The molecule has 4 nitrogen and oxygen atoms in total. The summed E-state index contributed by atoms with van der Waals surface area (Å²) < 4.78 is 13.3. The average molecular weight is 272 g/mol. The second-order valence-corrected chi connectivity index (χ2v) is 5.29. The fourth-order valence-electron chi connectivity index (χ4n) is 3.15. The molecule has 1 saturated heterocycles. The van der Waals surface area contributed by atoms with Gasteiger partial charge in [0, 0.05) is 0 Å². The Hall–Kier alpha value is -2.22. The number of rotatable bonds is 1. The molecule has 0 spiro atoms. The van der Waals surface area contributed by atoms with Gasteiger partial charge in [0.15, 0.2) is 0 Å². The van der Waals surface area contributed by atoms with Crippen molar-refractivity contribution in [2.45, 2.75) is 25.7 Å². The summed E-state index contributed by atoms with van der Waals surface area (Å²) in [6.07, 6.45) is 3.39. The molecule has 0 N–H and O–H groups in total. The highest BCUT2D eigenvalue weighted by molar-refractivity contribution is 6.22. The molecule has 5 heteroatoms. The van der Waals surface area contributed by atoms with Crippen molar-refractivity contribution in [1.82, 2.24) is 0 Å². The summed E-state index contributed by atoms with van der Waals surface area (Å²) in [5.74, 6) is -1.56. The molecule has 20 heavy (non-hydrogen) atoms. The van der Waals surface area contributed by atoms with E-state index >= 15 is 0 Å². The lowest BCUT2D eigenvalue weighted by molar-refractivity contribution is -0.122. The van der Waals surface area contributed by atoms with E-state index < -0.39 is 5.82 Å². The summed E-state index contributed by atoms with van der Waals surface area (Å²) in [7, 11) is 0. The number of halogens is 1. The Morgan fingerprint density at radius 2 is 1.75 bits per heavy atom. The molecule has 0 bridgehead atoms. The van der Waals surface area contributed by atoms with E-state index in [0.29, 0.717) is 5.69 Å². The Labute approximate surface area is 115 Å². The summed E-state index contributed by atoms with van der Waals surface area (Å²) in [4.78, 5) is 25.9. The first-order valence-corrected chi connectivity index (χ1v) is 6.71. The van der Waals surface area contributed by atoms with Crippen molar-refractivity contribution >= 4 is 17.5 Å². The molecule has 3 rings (SSSR count). The van der Waals surface area contributed by atoms with Crippen molar-refractivity contribution in [1.29, 1.82) is 5.26 Å². The minimum atomic E-state index is -0.646. The van der Waals surface area contributed by atoms with Gasteiger partial charge < -0.3 is 0 Å².